The molecule has 0 bridgehead atoms. The third-order valence-electron chi connectivity index (χ3n) is 4.47. The highest BCUT2D eigenvalue weighted by atomic mass is 35.5. The molecular weight excluding hydrogens is 204 g/mol. The normalized spacial score (nSPS) is 37.7. The lowest BCUT2D eigenvalue weighted by Crippen LogP contribution is -2.20. The molecule has 0 radical (unpaired) electrons. The topological polar surface area (TPSA) is 0 Å². The van der Waals surface area contributed by atoms with Gasteiger partial charge in [-0.3, -0.25) is 0 Å². The van der Waals surface area contributed by atoms with Crippen molar-refractivity contribution in [3.8, 4) is 0 Å². The molecule has 0 aliphatic heterocycles. The molecule has 1 heteroatoms. The molecule has 2 aliphatic carbocycles. The van der Waals surface area contributed by atoms with Crippen molar-refractivity contribution in [2.75, 3.05) is 5.88 Å². The lowest BCUT2D eigenvalue weighted by Gasteiger charge is -2.30. The maximum absolute atomic E-state index is 6.02. The molecule has 1 fully saturated rings. The van der Waals surface area contributed by atoms with Gasteiger partial charge in [-0.2, -0.15) is 0 Å². The Bertz CT molecular complexity index is 385. The predicted octanol–water partition coefficient (Wildman–Crippen LogP) is 4.08. The van der Waals surface area contributed by atoms with Crippen molar-refractivity contribution >= 4 is 11.6 Å². The summed E-state index contributed by atoms with van der Waals surface area (Å²) in [4.78, 5) is 0. The maximum atomic E-state index is 6.02. The van der Waals surface area contributed by atoms with Gasteiger partial charge in [0.1, 0.15) is 0 Å². The molecule has 1 aromatic carbocycles. The number of alkyl halides is 1. The van der Waals surface area contributed by atoms with Crippen molar-refractivity contribution in [3.05, 3.63) is 35.4 Å². The van der Waals surface area contributed by atoms with Gasteiger partial charge in [-0.25, -0.2) is 0 Å². The van der Waals surface area contributed by atoms with E-state index in [4.69, 9.17) is 11.6 Å². The Morgan fingerprint density at radius 1 is 1.40 bits per heavy atom. The molecule has 3 atom stereocenters. The second-order valence-electron chi connectivity index (χ2n) is 5.24. The van der Waals surface area contributed by atoms with Gasteiger partial charge in [0.2, 0.25) is 0 Å². The van der Waals surface area contributed by atoms with Crippen LogP contribution < -0.4 is 0 Å². The van der Waals surface area contributed by atoms with E-state index in [-0.39, 0.29) is 0 Å². The Kier molecular flexibility index (Phi) is 2.10. The molecule has 0 N–H and O–H groups in total. The van der Waals surface area contributed by atoms with Gasteiger partial charge in [0, 0.05) is 5.88 Å². The molecule has 0 aromatic heterocycles. The van der Waals surface area contributed by atoms with E-state index in [2.05, 4.69) is 31.2 Å². The van der Waals surface area contributed by atoms with E-state index >= 15 is 0 Å². The van der Waals surface area contributed by atoms with E-state index in [9.17, 15) is 0 Å². The SMILES string of the molecule is CC1CCC2(CC2CCl)c2ccccc21. The fourth-order valence-corrected chi connectivity index (χ4v) is 3.77. The minimum absolute atomic E-state index is 0.477. The summed E-state index contributed by atoms with van der Waals surface area (Å²) in [5.41, 5.74) is 3.66. The molecule has 3 rings (SSSR count). The number of halogens is 1. The standard InChI is InChI=1S/C14H17Cl/c1-10-6-7-14(8-11(14)9-15)13-5-3-2-4-12(10)13/h2-5,10-11H,6-9H2,1H3. The first-order valence-corrected chi connectivity index (χ1v) is 6.47. The van der Waals surface area contributed by atoms with Gasteiger partial charge in [-0.1, -0.05) is 31.2 Å². The minimum atomic E-state index is 0.477. The first-order chi connectivity index (χ1) is 7.28. The van der Waals surface area contributed by atoms with Gasteiger partial charge in [-0.15, -0.1) is 11.6 Å². The fraction of sp³-hybridized carbons (Fsp3) is 0.571. The molecule has 0 heterocycles. The van der Waals surface area contributed by atoms with Crippen LogP contribution in [0.3, 0.4) is 0 Å². The van der Waals surface area contributed by atoms with Crippen LogP contribution in [0.1, 0.15) is 43.2 Å². The minimum Gasteiger partial charge on any atom is -0.126 e. The summed E-state index contributed by atoms with van der Waals surface area (Å²) in [5.74, 6) is 2.32. The molecule has 1 saturated carbocycles. The lowest BCUT2D eigenvalue weighted by molar-refractivity contribution is 0.467. The van der Waals surface area contributed by atoms with Crippen LogP contribution >= 0.6 is 11.6 Å². The molecule has 0 amide bonds. The van der Waals surface area contributed by atoms with E-state index < -0.39 is 0 Å². The summed E-state index contributed by atoms with van der Waals surface area (Å²) < 4.78 is 0. The van der Waals surface area contributed by atoms with Gasteiger partial charge in [0.05, 0.1) is 0 Å². The zero-order valence-electron chi connectivity index (χ0n) is 9.17. The summed E-state index contributed by atoms with van der Waals surface area (Å²) in [7, 11) is 0. The van der Waals surface area contributed by atoms with Crippen molar-refractivity contribution < 1.29 is 0 Å². The molecule has 15 heavy (non-hydrogen) atoms. The van der Waals surface area contributed by atoms with Gasteiger partial charge in [0.25, 0.3) is 0 Å². The van der Waals surface area contributed by atoms with Gasteiger partial charge in [-0.05, 0) is 47.6 Å². The molecule has 0 saturated heterocycles. The number of hydrogen-bond donors (Lipinski definition) is 0. The summed E-state index contributed by atoms with van der Waals surface area (Å²) in [6.07, 6.45) is 4.01. The van der Waals surface area contributed by atoms with Crippen molar-refractivity contribution in [2.45, 2.75) is 37.5 Å². The van der Waals surface area contributed by atoms with Crippen molar-refractivity contribution in [1.29, 1.82) is 0 Å². The molecule has 3 unspecified atom stereocenters. The number of benzene rings is 1. The van der Waals surface area contributed by atoms with Gasteiger partial charge < -0.3 is 0 Å². The lowest BCUT2D eigenvalue weighted by atomic mass is 9.74. The zero-order valence-corrected chi connectivity index (χ0v) is 9.93. The smallest absolute Gasteiger partial charge is 0.0260 e. The van der Waals surface area contributed by atoms with Gasteiger partial charge in [0.15, 0.2) is 0 Å². The highest BCUT2D eigenvalue weighted by molar-refractivity contribution is 6.18. The van der Waals surface area contributed by atoms with E-state index in [1.165, 1.54) is 19.3 Å². The van der Waals surface area contributed by atoms with Crippen molar-refractivity contribution in [1.82, 2.24) is 0 Å². The largest absolute Gasteiger partial charge is 0.126 e. The Morgan fingerprint density at radius 3 is 2.93 bits per heavy atom. The number of rotatable bonds is 1. The monoisotopic (exact) mass is 220 g/mol. The average molecular weight is 221 g/mol. The molecular formula is C14H17Cl. The van der Waals surface area contributed by atoms with Gasteiger partial charge >= 0.3 is 0 Å². The third-order valence-corrected chi connectivity index (χ3v) is 4.84. The Balaban J connectivity index is 2.07. The molecule has 80 valence electrons. The average Bonchev–Trinajstić information content (AvgIpc) is 2.99. The van der Waals surface area contributed by atoms with E-state index in [0.717, 1.165) is 17.7 Å². The van der Waals surface area contributed by atoms with Crippen molar-refractivity contribution in [2.24, 2.45) is 5.92 Å². The molecule has 0 nitrogen and oxygen atoms in total. The molecule has 2 aliphatic rings. The Morgan fingerprint density at radius 2 is 2.20 bits per heavy atom. The summed E-state index contributed by atoms with van der Waals surface area (Å²) in [5, 5.41) is 0. The van der Waals surface area contributed by atoms with Crippen LogP contribution in [0.15, 0.2) is 24.3 Å². The second-order valence-corrected chi connectivity index (χ2v) is 5.55. The highest BCUT2D eigenvalue weighted by Gasteiger charge is 2.56. The first-order valence-electron chi connectivity index (χ1n) is 5.93. The number of fused-ring (bicyclic) bond motifs is 2. The summed E-state index contributed by atoms with van der Waals surface area (Å²) in [6.45, 7) is 2.35. The number of hydrogen-bond acceptors (Lipinski definition) is 0. The third kappa shape index (κ3) is 1.27. The maximum Gasteiger partial charge on any atom is 0.0260 e. The van der Waals surface area contributed by atoms with Crippen molar-refractivity contribution in [3.63, 3.8) is 0 Å². The van der Waals surface area contributed by atoms with Crippen LogP contribution in [0.5, 0.6) is 0 Å². The van der Waals surface area contributed by atoms with Crippen LogP contribution in [0, 0.1) is 5.92 Å². The van der Waals surface area contributed by atoms with E-state index in [1.807, 2.05) is 0 Å². The van der Waals surface area contributed by atoms with E-state index in [1.54, 1.807) is 11.1 Å². The van der Waals surface area contributed by atoms with E-state index in [0.29, 0.717) is 5.41 Å². The van der Waals surface area contributed by atoms with Crippen LogP contribution in [0.4, 0.5) is 0 Å². The quantitative estimate of drug-likeness (QED) is 0.626. The first kappa shape index (κ1) is 9.72. The Hall–Kier alpha value is -0.490. The fourth-order valence-electron chi connectivity index (χ4n) is 3.36. The van der Waals surface area contributed by atoms with Crippen LogP contribution in [-0.4, -0.2) is 5.88 Å². The highest BCUT2D eigenvalue weighted by Crippen LogP contribution is 2.62. The molecule has 1 spiro atoms. The Labute approximate surface area is 96.6 Å². The predicted molar refractivity (Wildman–Crippen MR) is 64.6 cm³/mol. The van der Waals surface area contributed by atoms with Crippen LogP contribution in [0.25, 0.3) is 0 Å². The molecule has 1 aromatic rings. The van der Waals surface area contributed by atoms with Crippen LogP contribution in [-0.2, 0) is 5.41 Å². The second kappa shape index (κ2) is 3.25. The summed E-state index contributed by atoms with van der Waals surface area (Å²) in [6, 6.07) is 9.00. The summed E-state index contributed by atoms with van der Waals surface area (Å²) >= 11 is 6.02. The van der Waals surface area contributed by atoms with Crippen LogP contribution in [0.2, 0.25) is 0 Å². The zero-order chi connectivity index (χ0) is 10.5.